The molecule has 1 nitrogen and oxygen atoms in total. The Bertz CT molecular complexity index is 161. The fraction of sp³-hybridized carbons (Fsp3) is 0.857. The average Bonchev–Trinajstić information content (AvgIpc) is 1.87. The van der Waals surface area contributed by atoms with Crippen molar-refractivity contribution >= 4 is 15.9 Å². The summed E-state index contributed by atoms with van der Waals surface area (Å²) in [5, 5.41) is 8.64. The largest absolute Gasteiger partial charge is 0.197 e. The zero-order valence-electron chi connectivity index (χ0n) is 5.69. The average molecular weight is 188 g/mol. The van der Waals surface area contributed by atoms with Gasteiger partial charge < -0.3 is 0 Å². The van der Waals surface area contributed by atoms with E-state index in [0.29, 0.717) is 11.8 Å². The molecule has 0 N–H and O–H groups in total. The van der Waals surface area contributed by atoms with E-state index in [1.807, 2.05) is 0 Å². The number of alkyl halides is 1. The third-order valence-corrected chi connectivity index (χ3v) is 3.60. The molecule has 1 saturated carbocycles. The minimum absolute atomic E-state index is 0.188. The number of halogens is 1. The molecule has 0 heterocycles. The maximum atomic E-state index is 8.64. The lowest BCUT2D eigenvalue weighted by atomic mass is 9.67. The van der Waals surface area contributed by atoms with Gasteiger partial charge >= 0.3 is 0 Å². The van der Waals surface area contributed by atoms with Crippen molar-refractivity contribution in [2.75, 3.05) is 0 Å². The lowest BCUT2D eigenvalue weighted by Gasteiger charge is -2.43. The van der Waals surface area contributed by atoms with Crippen LogP contribution in [0.25, 0.3) is 0 Å². The van der Waals surface area contributed by atoms with E-state index in [-0.39, 0.29) is 4.32 Å². The third-order valence-electron chi connectivity index (χ3n) is 2.38. The molecule has 2 heteroatoms. The van der Waals surface area contributed by atoms with E-state index in [0.717, 1.165) is 6.42 Å². The Labute approximate surface area is 64.2 Å². The number of rotatable bonds is 0. The van der Waals surface area contributed by atoms with Gasteiger partial charge in [0.1, 0.15) is 4.32 Å². The molecule has 1 aliphatic rings. The molecule has 0 aliphatic heterocycles. The molecule has 1 fully saturated rings. The second kappa shape index (κ2) is 1.98. The van der Waals surface area contributed by atoms with Crippen molar-refractivity contribution in [1.29, 1.82) is 5.26 Å². The van der Waals surface area contributed by atoms with Gasteiger partial charge in [0.05, 0.1) is 6.07 Å². The quantitative estimate of drug-likeness (QED) is 0.535. The molecule has 0 bridgehead atoms. The van der Waals surface area contributed by atoms with E-state index >= 15 is 0 Å². The summed E-state index contributed by atoms with van der Waals surface area (Å²) in [4.78, 5) is 0. The third kappa shape index (κ3) is 0.880. The molecule has 0 spiro atoms. The molecule has 3 unspecified atom stereocenters. The maximum absolute atomic E-state index is 8.64. The molecule has 50 valence electrons. The van der Waals surface area contributed by atoms with Crippen LogP contribution in [0.5, 0.6) is 0 Å². The van der Waals surface area contributed by atoms with E-state index in [1.54, 1.807) is 0 Å². The highest BCUT2D eigenvalue weighted by molar-refractivity contribution is 9.10. The zero-order chi connectivity index (χ0) is 7.07. The first-order valence-corrected chi connectivity index (χ1v) is 3.99. The monoisotopic (exact) mass is 187 g/mol. The molecule has 3 atom stereocenters. The Kier molecular flexibility index (Phi) is 1.56. The van der Waals surface area contributed by atoms with Crippen LogP contribution >= 0.6 is 15.9 Å². The standard InChI is InChI=1S/C7H10BrN/c1-5-3-7(8,4-9)6(5)2/h5-6H,3H2,1-2H3. The van der Waals surface area contributed by atoms with Crippen molar-refractivity contribution in [3.8, 4) is 6.07 Å². The highest BCUT2D eigenvalue weighted by atomic mass is 79.9. The van der Waals surface area contributed by atoms with Crippen LogP contribution in [0.2, 0.25) is 0 Å². The van der Waals surface area contributed by atoms with Gasteiger partial charge in [0.2, 0.25) is 0 Å². The number of hydrogen-bond donors (Lipinski definition) is 0. The lowest BCUT2D eigenvalue weighted by Crippen LogP contribution is -2.45. The predicted octanol–water partition coefficient (Wildman–Crippen LogP) is 2.32. The molecule has 0 aromatic carbocycles. The normalized spacial score (nSPS) is 49.6. The molecule has 0 aromatic heterocycles. The van der Waals surface area contributed by atoms with Gasteiger partial charge in [0, 0.05) is 0 Å². The molecule has 0 saturated heterocycles. The molecule has 0 radical (unpaired) electrons. The van der Waals surface area contributed by atoms with E-state index in [1.165, 1.54) is 0 Å². The van der Waals surface area contributed by atoms with Crippen LogP contribution in [0, 0.1) is 23.2 Å². The topological polar surface area (TPSA) is 23.8 Å². The Morgan fingerprint density at radius 3 is 2.33 bits per heavy atom. The lowest BCUT2D eigenvalue weighted by molar-refractivity contribution is 0.188. The van der Waals surface area contributed by atoms with E-state index in [2.05, 4.69) is 35.8 Å². The van der Waals surface area contributed by atoms with Gasteiger partial charge in [-0.1, -0.05) is 29.8 Å². The maximum Gasteiger partial charge on any atom is 0.115 e. The summed E-state index contributed by atoms with van der Waals surface area (Å²) in [6.45, 7) is 4.30. The van der Waals surface area contributed by atoms with Crippen LogP contribution in [-0.4, -0.2) is 4.32 Å². The van der Waals surface area contributed by atoms with Crippen molar-refractivity contribution in [2.45, 2.75) is 24.6 Å². The predicted molar refractivity (Wildman–Crippen MR) is 40.2 cm³/mol. The van der Waals surface area contributed by atoms with Crippen molar-refractivity contribution in [1.82, 2.24) is 0 Å². The molecule has 0 amide bonds. The Hall–Kier alpha value is -0.0300. The van der Waals surface area contributed by atoms with Crippen LogP contribution in [0.4, 0.5) is 0 Å². The van der Waals surface area contributed by atoms with Crippen molar-refractivity contribution in [3.63, 3.8) is 0 Å². The fourth-order valence-corrected chi connectivity index (χ4v) is 2.23. The van der Waals surface area contributed by atoms with E-state index in [4.69, 9.17) is 5.26 Å². The summed E-state index contributed by atoms with van der Waals surface area (Å²) in [5.41, 5.74) is 0. The van der Waals surface area contributed by atoms with Crippen LogP contribution in [-0.2, 0) is 0 Å². The second-order valence-electron chi connectivity index (χ2n) is 2.94. The first kappa shape index (κ1) is 7.08. The van der Waals surface area contributed by atoms with E-state index < -0.39 is 0 Å². The van der Waals surface area contributed by atoms with Crippen LogP contribution in [0.1, 0.15) is 20.3 Å². The highest BCUT2D eigenvalue weighted by Gasteiger charge is 2.47. The van der Waals surface area contributed by atoms with Gasteiger partial charge in [0.25, 0.3) is 0 Å². The van der Waals surface area contributed by atoms with Gasteiger partial charge in [0.15, 0.2) is 0 Å². The molecule has 1 aliphatic carbocycles. The number of hydrogen-bond acceptors (Lipinski definition) is 1. The molecule has 0 aromatic rings. The van der Waals surface area contributed by atoms with Crippen molar-refractivity contribution in [2.24, 2.45) is 11.8 Å². The van der Waals surface area contributed by atoms with Gasteiger partial charge in [-0.05, 0) is 18.3 Å². The number of nitrogens with zero attached hydrogens (tertiary/aromatic N) is 1. The van der Waals surface area contributed by atoms with Gasteiger partial charge in [-0.25, -0.2) is 0 Å². The molecular weight excluding hydrogens is 178 g/mol. The van der Waals surface area contributed by atoms with Gasteiger partial charge in [-0.3, -0.25) is 0 Å². The number of nitriles is 1. The molecule has 9 heavy (non-hydrogen) atoms. The molecule has 1 rings (SSSR count). The summed E-state index contributed by atoms with van der Waals surface area (Å²) < 4.78 is -0.188. The van der Waals surface area contributed by atoms with Crippen LogP contribution < -0.4 is 0 Å². The van der Waals surface area contributed by atoms with Gasteiger partial charge in [-0.2, -0.15) is 5.26 Å². The second-order valence-corrected chi connectivity index (χ2v) is 4.36. The fourth-order valence-electron chi connectivity index (χ4n) is 1.27. The van der Waals surface area contributed by atoms with E-state index in [9.17, 15) is 0 Å². The summed E-state index contributed by atoms with van der Waals surface area (Å²) in [5.74, 6) is 1.23. The minimum Gasteiger partial charge on any atom is -0.197 e. The summed E-state index contributed by atoms with van der Waals surface area (Å²) in [6, 6.07) is 2.27. The minimum atomic E-state index is -0.188. The smallest absolute Gasteiger partial charge is 0.115 e. The first-order chi connectivity index (χ1) is 4.10. The molecular formula is C7H10BrN. The van der Waals surface area contributed by atoms with Crippen LogP contribution in [0.3, 0.4) is 0 Å². The summed E-state index contributed by atoms with van der Waals surface area (Å²) in [7, 11) is 0. The first-order valence-electron chi connectivity index (χ1n) is 3.20. The van der Waals surface area contributed by atoms with Crippen molar-refractivity contribution in [3.05, 3.63) is 0 Å². The Morgan fingerprint density at radius 2 is 2.22 bits per heavy atom. The van der Waals surface area contributed by atoms with Crippen LogP contribution in [0.15, 0.2) is 0 Å². The SMILES string of the molecule is CC1CC(Br)(C#N)C1C. The summed E-state index contributed by atoms with van der Waals surface area (Å²) >= 11 is 3.41. The highest BCUT2D eigenvalue weighted by Crippen LogP contribution is 2.49. The Morgan fingerprint density at radius 1 is 1.67 bits per heavy atom. The summed E-state index contributed by atoms with van der Waals surface area (Å²) in [6.07, 6.45) is 1.00. The zero-order valence-corrected chi connectivity index (χ0v) is 7.27. The Balaban J connectivity index is 2.61. The van der Waals surface area contributed by atoms with Gasteiger partial charge in [-0.15, -0.1) is 0 Å². The van der Waals surface area contributed by atoms with Crippen molar-refractivity contribution < 1.29 is 0 Å².